The van der Waals surface area contributed by atoms with Gasteiger partial charge in [-0.2, -0.15) is 0 Å². The maximum Gasteiger partial charge on any atom is 0.410 e. The molecule has 0 aliphatic carbocycles. The standard InChI is InChI=1S/C22H33N3O4/c1-22(2,3)29-20(26)23-18-9-12-25(15-18)19-10-13-24(14-11-19)21(27)28-16-17-7-5-4-6-8-17/h4-8,18-19H,9-16H2,1-3H3,(H,23,26)/t18-/m0/s1. The van der Waals surface area contributed by atoms with Crippen molar-refractivity contribution in [2.24, 2.45) is 0 Å². The number of carbonyl (C=O) groups is 2. The third kappa shape index (κ3) is 6.63. The van der Waals surface area contributed by atoms with Crippen molar-refractivity contribution < 1.29 is 19.1 Å². The third-order valence-electron chi connectivity index (χ3n) is 5.38. The van der Waals surface area contributed by atoms with E-state index in [1.165, 1.54) is 0 Å². The molecule has 2 aliphatic heterocycles. The maximum atomic E-state index is 12.3. The van der Waals surface area contributed by atoms with Crippen molar-refractivity contribution in [3.8, 4) is 0 Å². The van der Waals surface area contributed by atoms with E-state index < -0.39 is 5.60 Å². The summed E-state index contributed by atoms with van der Waals surface area (Å²) >= 11 is 0. The Morgan fingerprint density at radius 2 is 1.76 bits per heavy atom. The lowest BCUT2D eigenvalue weighted by molar-refractivity contribution is 0.0497. The fourth-order valence-corrected chi connectivity index (χ4v) is 3.94. The number of amides is 2. The Morgan fingerprint density at radius 1 is 1.07 bits per heavy atom. The smallest absolute Gasteiger partial charge is 0.410 e. The van der Waals surface area contributed by atoms with Gasteiger partial charge in [-0.15, -0.1) is 0 Å². The van der Waals surface area contributed by atoms with Crippen LogP contribution in [0, 0.1) is 0 Å². The zero-order valence-corrected chi connectivity index (χ0v) is 17.7. The van der Waals surface area contributed by atoms with Crippen molar-refractivity contribution in [2.45, 2.75) is 64.3 Å². The molecule has 0 aromatic heterocycles. The predicted octanol–water partition coefficient (Wildman–Crippen LogP) is 3.39. The molecule has 0 unspecified atom stereocenters. The largest absolute Gasteiger partial charge is 0.445 e. The summed E-state index contributed by atoms with van der Waals surface area (Å²) < 4.78 is 10.8. The summed E-state index contributed by atoms with van der Waals surface area (Å²) in [6.07, 6.45) is 2.20. The van der Waals surface area contributed by atoms with Crippen molar-refractivity contribution in [1.29, 1.82) is 0 Å². The lowest BCUT2D eigenvalue weighted by Gasteiger charge is -2.36. The monoisotopic (exact) mass is 403 g/mol. The number of nitrogens with zero attached hydrogens (tertiary/aromatic N) is 2. The molecule has 1 N–H and O–H groups in total. The van der Waals surface area contributed by atoms with Crippen LogP contribution in [0.2, 0.25) is 0 Å². The molecule has 1 atom stereocenters. The lowest BCUT2D eigenvalue weighted by Crippen LogP contribution is -2.47. The van der Waals surface area contributed by atoms with Crippen molar-refractivity contribution in [3.05, 3.63) is 35.9 Å². The number of piperidine rings is 1. The van der Waals surface area contributed by atoms with E-state index in [0.717, 1.165) is 37.9 Å². The fourth-order valence-electron chi connectivity index (χ4n) is 3.94. The van der Waals surface area contributed by atoms with E-state index in [2.05, 4.69) is 10.2 Å². The van der Waals surface area contributed by atoms with Crippen LogP contribution in [0.3, 0.4) is 0 Å². The highest BCUT2D eigenvalue weighted by Gasteiger charge is 2.33. The highest BCUT2D eigenvalue weighted by molar-refractivity contribution is 5.68. The number of alkyl carbamates (subject to hydrolysis) is 1. The van der Waals surface area contributed by atoms with Crippen LogP contribution < -0.4 is 5.32 Å². The van der Waals surface area contributed by atoms with Gasteiger partial charge in [-0.1, -0.05) is 30.3 Å². The summed E-state index contributed by atoms with van der Waals surface area (Å²) in [7, 11) is 0. The lowest BCUT2D eigenvalue weighted by atomic mass is 10.0. The van der Waals surface area contributed by atoms with Crippen LogP contribution in [0.15, 0.2) is 30.3 Å². The van der Waals surface area contributed by atoms with Gasteiger partial charge in [0.2, 0.25) is 0 Å². The second kappa shape index (κ2) is 9.48. The summed E-state index contributed by atoms with van der Waals surface area (Å²) in [4.78, 5) is 28.5. The Balaban J connectivity index is 1.37. The number of likely N-dealkylation sites (tertiary alicyclic amines) is 2. The Kier molecular flexibility index (Phi) is 7.00. The average Bonchev–Trinajstić information content (AvgIpc) is 3.14. The molecule has 3 rings (SSSR count). The fraction of sp³-hybridized carbons (Fsp3) is 0.636. The topological polar surface area (TPSA) is 71.1 Å². The number of ether oxygens (including phenoxy) is 2. The molecule has 2 saturated heterocycles. The first-order valence-corrected chi connectivity index (χ1v) is 10.5. The zero-order valence-electron chi connectivity index (χ0n) is 17.7. The summed E-state index contributed by atoms with van der Waals surface area (Å²) in [5, 5.41) is 2.98. The second-order valence-corrected chi connectivity index (χ2v) is 8.89. The molecule has 0 radical (unpaired) electrons. The van der Waals surface area contributed by atoms with E-state index in [-0.39, 0.29) is 18.2 Å². The van der Waals surface area contributed by atoms with E-state index in [9.17, 15) is 9.59 Å². The van der Waals surface area contributed by atoms with Gasteiger partial charge in [0.25, 0.3) is 0 Å². The predicted molar refractivity (Wildman–Crippen MR) is 111 cm³/mol. The Bertz CT molecular complexity index is 681. The minimum atomic E-state index is -0.482. The summed E-state index contributed by atoms with van der Waals surface area (Å²) in [5.74, 6) is 0. The SMILES string of the molecule is CC(C)(C)OC(=O)N[C@H]1CCN(C2CCN(C(=O)OCc3ccccc3)CC2)C1. The number of hydrogen-bond donors (Lipinski definition) is 1. The molecule has 0 saturated carbocycles. The van der Waals surface area contributed by atoms with Gasteiger partial charge in [0.05, 0.1) is 0 Å². The number of nitrogens with one attached hydrogen (secondary N) is 1. The number of benzene rings is 1. The molecule has 29 heavy (non-hydrogen) atoms. The summed E-state index contributed by atoms with van der Waals surface area (Å²) in [5.41, 5.74) is 0.515. The molecular weight excluding hydrogens is 370 g/mol. The highest BCUT2D eigenvalue weighted by atomic mass is 16.6. The van der Waals surface area contributed by atoms with Crippen molar-refractivity contribution in [3.63, 3.8) is 0 Å². The molecule has 2 aliphatic rings. The first-order chi connectivity index (χ1) is 13.8. The first kappa shape index (κ1) is 21.4. The van der Waals surface area contributed by atoms with Gasteiger partial charge in [-0.05, 0) is 45.6 Å². The molecule has 0 spiro atoms. The van der Waals surface area contributed by atoms with Gasteiger partial charge in [0.1, 0.15) is 12.2 Å². The quantitative estimate of drug-likeness (QED) is 0.834. The maximum absolute atomic E-state index is 12.3. The van der Waals surface area contributed by atoms with E-state index in [4.69, 9.17) is 9.47 Å². The van der Waals surface area contributed by atoms with Crippen LogP contribution >= 0.6 is 0 Å². The highest BCUT2D eigenvalue weighted by Crippen LogP contribution is 2.22. The molecule has 0 bridgehead atoms. The van der Waals surface area contributed by atoms with Gasteiger partial charge in [-0.25, -0.2) is 9.59 Å². The van der Waals surface area contributed by atoms with E-state index in [1.807, 2.05) is 51.1 Å². The minimum Gasteiger partial charge on any atom is -0.445 e. The van der Waals surface area contributed by atoms with Crippen LogP contribution in [-0.4, -0.2) is 65.9 Å². The second-order valence-electron chi connectivity index (χ2n) is 8.89. The molecule has 2 heterocycles. The van der Waals surface area contributed by atoms with Gasteiger partial charge >= 0.3 is 12.2 Å². The van der Waals surface area contributed by atoms with Gasteiger partial charge in [-0.3, -0.25) is 4.90 Å². The van der Waals surface area contributed by atoms with Crippen molar-refractivity contribution in [2.75, 3.05) is 26.2 Å². The number of rotatable bonds is 4. The number of carbonyl (C=O) groups excluding carboxylic acids is 2. The third-order valence-corrected chi connectivity index (χ3v) is 5.38. The van der Waals surface area contributed by atoms with E-state index in [1.54, 1.807) is 4.90 Å². The molecule has 2 amide bonds. The molecule has 7 nitrogen and oxygen atoms in total. The Morgan fingerprint density at radius 3 is 2.41 bits per heavy atom. The number of hydrogen-bond acceptors (Lipinski definition) is 5. The van der Waals surface area contributed by atoms with E-state index >= 15 is 0 Å². The van der Waals surface area contributed by atoms with Crippen LogP contribution in [0.5, 0.6) is 0 Å². The van der Waals surface area contributed by atoms with Gasteiger partial charge in [0, 0.05) is 38.3 Å². The normalized spacial score (nSPS) is 21.1. The van der Waals surface area contributed by atoms with Crippen LogP contribution in [0.1, 0.15) is 45.6 Å². The summed E-state index contributed by atoms with van der Waals surface area (Å²) in [6, 6.07) is 10.3. The molecule has 1 aromatic rings. The molecule has 160 valence electrons. The van der Waals surface area contributed by atoms with E-state index in [0.29, 0.717) is 25.7 Å². The molecular formula is C22H33N3O4. The molecule has 2 fully saturated rings. The Labute approximate surface area is 173 Å². The minimum absolute atomic E-state index is 0.124. The van der Waals surface area contributed by atoms with Gasteiger partial charge in [0.15, 0.2) is 0 Å². The summed E-state index contributed by atoms with van der Waals surface area (Å²) in [6.45, 7) is 9.12. The first-order valence-electron chi connectivity index (χ1n) is 10.5. The van der Waals surface area contributed by atoms with Gasteiger partial charge < -0.3 is 19.7 Å². The van der Waals surface area contributed by atoms with Crippen molar-refractivity contribution in [1.82, 2.24) is 15.1 Å². The molecule has 1 aromatic carbocycles. The Hall–Kier alpha value is -2.28. The zero-order chi connectivity index (χ0) is 20.9. The average molecular weight is 404 g/mol. The van der Waals surface area contributed by atoms with Crippen LogP contribution in [-0.2, 0) is 16.1 Å². The van der Waals surface area contributed by atoms with Crippen LogP contribution in [0.4, 0.5) is 9.59 Å². The van der Waals surface area contributed by atoms with Crippen molar-refractivity contribution >= 4 is 12.2 Å². The molecule has 7 heteroatoms. The van der Waals surface area contributed by atoms with Crippen LogP contribution in [0.25, 0.3) is 0 Å².